The van der Waals surface area contributed by atoms with Gasteiger partial charge < -0.3 is 9.72 Å². The zero-order valence-corrected chi connectivity index (χ0v) is 11.5. The third-order valence-corrected chi connectivity index (χ3v) is 2.94. The fourth-order valence-electron chi connectivity index (χ4n) is 2.02. The van der Waals surface area contributed by atoms with Crippen molar-refractivity contribution in [2.24, 2.45) is 0 Å². The largest absolute Gasteiger partial charge is 0.450 e. The van der Waals surface area contributed by atoms with Gasteiger partial charge in [0.25, 0.3) is 0 Å². The number of carbonyl (C=O) groups excluding carboxylic acids is 1. The molecule has 0 saturated heterocycles. The summed E-state index contributed by atoms with van der Waals surface area (Å²) < 4.78 is 4.81. The Labute approximate surface area is 121 Å². The number of ether oxygens (including phenoxy) is 1. The lowest BCUT2D eigenvalue weighted by molar-refractivity contribution is 0.167. The number of carbonyl (C=O) groups is 1. The first-order chi connectivity index (χ1) is 10.3. The van der Waals surface area contributed by atoms with Crippen LogP contribution in [0.4, 0.5) is 10.7 Å². The maximum atomic E-state index is 11.4. The van der Waals surface area contributed by atoms with E-state index in [1.54, 1.807) is 13.1 Å². The van der Waals surface area contributed by atoms with Gasteiger partial charge in [0.05, 0.1) is 23.3 Å². The number of pyridine rings is 1. The van der Waals surface area contributed by atoms with Crippen LogP contribution in [-0.4, -0.2) is 27.7 Å². The molecule has 6 heteroatoms. The lowest BCUT2D eigenvalue weighted by Crippen LogP contribution is -2.14. The topological polar surface area (TPSA) is 79.9 Å². The molecule has 0 spiro atoms. The Hall–Kier alpha value is -2.89. The molecule has 0 saturated carbocycles. The number of nitrogens with zero attached hydrogens (tertiary/aromatic N) is 2. The molecule has 3 rings (SSSR count). The third-order valence-electron chi connectivity index (χ3n) is 2.94. The number of H-pyrrole nitrogens is 1. The minimum absolute atomic E-state index is 0.315. The Morgan fingerprint density at radius 3 is 3.00 bits per heavy atom. The Morgan fingerprint density at radius 1 is 1.33 bits per heavy atom. The molecule has 0 atom stereocenters. The smallest absolute Gasteiger partial charge is 0.413 e. The van der Waals surface area contributed by atoms with Crippen LogP contribution in [0.5, 0.6) is 0 Å². The maximum absolute atomic E-state index is 11.4. The van der Waals surface area contributed by atoms with Gasteiger partial charge in [0.15, 0.2) is 0 Å². The predicted molar refractivity (Wildman–Crippen MR) is 80.0 cm³/mol. The number of imidazole rings is 1. The van der Waals surface area contributed by atoms with Gasteiger partial charge in [-0.1, -0.05) is 12.1 Å². The number of aromatic amines is 1. The molecule has 2 N–H and O–H groups in total. The van der Waals surface area contributed by atoms with Gasteiger partial charge in [0.2, 0.25) is 5.95 Å². The molecule has 3 aromatic rings. The molecule has 6 nitrogen and oxygen atoms in total. The van der Waals surface area contributed by atoms with Crippen molar-refractivity contribution in [1.29, 1.82) is 0 Å². The molecule has 1 aromatic carbocycles. The quantitative estimate of drug-likeness (QED) is 0.773. The van der Waals surface area contributed by atoms with Gasteiger partial charge in [-0.05, 0) is 31.2 Å². The van der Waals surface area contributed by atoms with Crippen molar-refractivity contribution in [3.63, 3.8) is 0 Å². The number of aromatic nitrogens is 3. The third kappa shape index (κ3) is 2.84. The molecule has 0 unspecified atom stereocenters. The summed E-state index contributed by atoms with van der Waals surface area (Å²) in [7, 11) is 0. The fourth-order valence-corrected chi connectivity index (χ4v) is 2.02. The van der Waals surface area contributed by atoms with Crippen LogP contribution in [0.15, 0.2) is 42.6 Å². The van der Waals surface area contributed by atoms with E-state index in [-0.39, 0.29) is 0 Å². The van der Waals surface area contributed by atoms with Crippen molar-refractivity contribution < 1.29 is 9.53 Å². The van der Waals surface area contributed by atoms with Gasteiger partial charge in [-0.25, -0.2) is 9.78 Å². The second-order valence-corrected chi connectivity index (χ2v) is 4.38. The van der Waals surface area contributed by atoms with Gasteiger partial charge in [-0.15, -0.1) is 0 Å². The van der Waals surface area contributed by atoms with E-state index < -0.39 is 6.09 Å². The van der Waals surface area contributed by atoms with Crippen LogP contribution in [0.3, 0.4) is 0 Å². The average Bonchev–Trinajstić information content (AvgIpc) is 2.89. The Kier molecular flexibility index (Phi) is 3.51. The van der Waals surface area contributed by atoms with Crippen LogP contribution in [0.1, 0.15) is 6.92 Å². The molecule has 1 amide bonds. The normalized spacial score (nSPS) is 10.5. The summed E-state index contributed by atoms with van der Waals surface area (Å²) in [5.41, 5.74) is 3.44. The number of benzene rings is 1. The minimum Gasteiger partial charge on any atom is -0.450 e. The van der Waals surface area contributed by atoms with Crippen molar-refractivity contribution in [2.45, 2.75) is 6.92 Å². The van der Waals surface area contributed by atoms with E-state index in [4.69, 9.17) is 4.74 Å². The molecule has 21 heavy (non-hydrogen) atoms. The van der Waals surface area contributed by atoms with Crippen LogP contribution in [0.2, 0.25) is 0 Å². The molecule has 0 aliphatic heterocycles. The van der Waals surface area contributed by atoms with E-state index in [0.717, 1.165) is 22.3 Å². The Bertz CT molecular complexity index is 768. The van der Waals surface area contributed by atoms with Gasteiger partial charge in [-0.3, -0.25) is 10.3 Å². The molecule has 0 aliphatic carbocycles. The highest BCUT2D eigenvalue weighted by molar-refractivity contribution is 5.87. The number of nitrogens with one attached hydrogen (secondary N) is 2. The highest BCUT2D eigenvalue weighted by Gasteiger charge is 2.08. The molecular weight excluding hydrogens is 268 g/mol. The van der Waals surface area contributed by atoms with Crippen molar-refractivity contribution in [3.05, 3.63) is 42.6 Å². The van der Waals surface area contributed by atoms with Crippen LogP contribution < -0.4 is 5.32 Å². The minimum atomic E-state index is -0.526. The van der Waals surface area contributed by atoms with Gasteiger partial charge in [-0.2, -0.15) is 0 Å². The Balaban J connectivity index is 1.90. The lowest BCUT2D eigenvalue weighted by Gasteiger charge is -2.00. The highest BCUT2D eigenvalue weighted by atomic mass is 16.5. The monoisotopic (exact) mass is 282 g/mol. The van der Waals surface area contributed by atoms with Crippen LogP contribution >= 0.6 is 0 Å². The predicted octanol–water partition coefficient (Wildman–Crippen LogP) is 3.19. The first-order valence-electron chi connectivity index (χ1n) is 6.61. The molecule has 0 fully saturated rings. The first-order valence-corrected chi connectivity index (χ1v) is 6.61. The summed E-state index contributed by atoms with van der Waals surface area (Å²) in [6.07, 6.45) is 1.22. The number of hydrogen-bond donors (Lipinski definition) is 2. The number of hydrogen-bond acceptors (Lipinski definition) is 4. The molecule has 0 radical (unpaired) electrons. The highest BCUT2D eigenvalue weighted by Crippen LogP contribution is 2.22. The lowest BCUT2D eigenvalue weighted by atomic mass is 10.1. The van der Waals surface area contributed by atoms with Crippen LogP contribution in [-0.2, 0) is 4.74 Å². The van der Waals surface area contributed by atoms with Gasteiger partial charge >= 0.3 is 6.09 Å². The summed E-state index contributed by atoms with van der Waals surface area (Å²) in [6.45, 7) is 2.06. The summed E-state index contributed by atoms with van der Waals surface area (Å²) in [6, 6.07) is 11.5. The SMILES string of the molecule is CCOC(=O)Nc1nc2cc(-c3ccccn3)ccc2[nH]1. The maximum Gasteiger partial charge on any atom is 0.413 e. The second-order valence-electron chi connectivity index (χ2n) is 4.38. The molecule has 0 aliphatic rings. The van der Waals surface area contributed by atoms with Crippen LogP contribution in [0, 0.1) is 0 Å². The van der Waals surface area contributed by atoms with Crippen molar-refractivity contribution in [3.8, 4) is 11.3 Å². The summed E-state index contributed by atoms with van der Waals surface area (Å²) in [5, 5.41) is 2.55. The Morgan fingerprint density at radius 2 is 2.24 bits per heavy atom. The van der Waals surface area contributed by atoms with Crippen LogP contribution in [0.25, 0.3) is 22.3 Å². The van der Waals surface area contributed by atoms with Gasteiger partial charge in [0, 0.05) is 11.8 Å². The van der Waals surface area contributed by atoms with E-state index in [2.05, 4.69) is 20.3 Å². The zero-order valence-electron chi connectivity index (χ0n) is 11.5. The van der Waals surface area contributed by atoms with Crippen molar-refractivity contribution in [1.82, 2.24) is 15.0 Å². The van der Waals surface area contributed by atoms with E-state index in [9.17, 15) is 4.79 Å². The standard InChI is InChI=1S/C15H14N4O2/c1-2-21-15(20)19-14-17-12-7-6-10(9-13(12)18-14)11-5-3-4-8-16-11/h3-9H,2H2,1H3,(H2,17,18,19,20). The molecule has 2 heterocycles. The summed E-state index contributed by atoms with van der Waals surface area (Å²) >= 11 is 0. The molecule has 0 bridgehead atoms. The number of rotatable bonds is 3. The first kappa shape index (κ1) is 13.1. The van der Waals surface area contributed by atoms with E-state index in [0.29, 0.717) is 12.6 Å². The molecule has 2 aromatic heterocycles. The van der Waals surface area contributed by atoms with E-state index in [1.807, 2.05) is 36.4 Å². The van der Waals surface area contributed by atoms with Crippen molar-refractivity contribution in [2.75, 3.05) is 11.9 Å². The zero-order chi connectivity index (χ0) is 14.7. The van der Waals surface area contributed by atoms with Gasteiger partial charge in [0.1, 0.15) is 0 Å². The second kappa shape index (κ2) is 5.62. The molecule has 106 valence electrons. The van der Waals surface area contributed by atoms with Crippen molar-refractivity contribution >= 4 is 23.1 Å². The van der Waals surface area contributed by atoms with E-state index in [1.165, 1.54) is 0 Å². The fraction of sp³-hybridized carbons (Fsp3) is 0.133. The summed E-state index contributed by atoms with van der Waals surface area (Å²) in [5.74, 6) is 0.363. The number of anilines is 1. The molecular formula is C15H14N4O2. The van der Waals surface area contributed by atoms with E-state index >= 15 is 0 Å². The number of amides is 1. The number of fused-ring (bicyclic) bond motifs is 1. The summed E-state index contributed by atoms with van der Waals surface area (Å²) in [4.78, 5) is 23.0. The average molecular weight is 282 g/mol.